The van der Waals surface area contributed by atoms with Crippen molar-refractivity contribution < 1.29 is 24.1 Å². The number of methoxy groups -OCH3 is 2. The van der Waals surface area contributed by atoms with Gasteiger partial charge in [0.1, 0.15) is 11.5 Å². The molecule has 8 heteroatoms. The van der Waals surface area contributed by atoms with Crippen LogP contribution in [-0.2, 0) is 21.5 Å². The van der Waals surface area contributed by atoms with Crippen molar-refractivity contribution in [1.82, 2.24) is 4.90 Å². The number of nitrogens with zero attached hydrogens (tertiary/aromatic N) is 2. The number of rotatable bonds is 7. The Bertz CT molecular complexity index is 1600. The Morgan fingerprint density at radius 2 is 1.84 bits per heavy atom. The number of benzene rings is 3. The summed E-state index contributed by atoms with van der Waals surface area (Å²) in [7, 11) is 3.07. The molecule has 3 aliphatic heterocycles. The van der Waals surface area contributed by atoms with Crippen molar-refractivity contribution in [3.63, 3.8) is 0 Å². The van der Waals surface area contributed by atoms with Gasteiger partial charge >= 0.3 is 5.97 Å². The highest BCUT2D eigenvalue weighted by atomic mass is 35.5. The van der Waals surface area contributed by atoms with E-state index in [1.54, 1.807) is 25.4 Å². The van der Waals surface area contributed by atoms with Gasteiger partial charge in [-0.1, -0.05) is 54.1 Å². The van der Waals surface area contributed by atoms with Crippen LogP contribution in [-0.4, -0.2) is 55.7 Å². The fourth-order valence-electron chi connectivity index (χ4n) is 6.47. The molecule has 0 saturated carbocycles. The lowest BCUT2D eigenvalue weighted by Crippen LogP contribution is -2.42. The van der Waals surface area contributed by atoms with Gasteiger partial charge in [0.2, 0.25) is 5.90 Å². The van der Waals surface area contributed by atoms with Gasteiger partial charge in [-0.25, -0.2) is 9.79 Å². The fraction of sp³-hybridized carbons (Fsp3) is 0.333. The Labute approximate surface area is 263 Å². The van der Waals surface area contributed by atoms with Crippen LogP contribution in [0.2, 0.25) is 5.02 Å². The van der Waals surface area contributed by atoms with Crippen LogP contribution in [0.1, 0.15) is 47.2 Å². The Kier molecular flexibility index (Phi) is 8.89. The molecule has 3 aromatic carbocycles. The molecule has 3 heterocycles. The Morgan fingerprint density at radius 3 is 2.55 bits per heavy atom. The molecule has 1 N–H and O–H groups in total. The van der Waals surface area contributed by atoms with Gasteiger partial charge in [-0.2, -0.15) is 0 Å². The number of halogens is 1. The smallest absolute Gasteiger partial charge is 0.337 e. The van der Waals surface area contributed by atoms with Gasteiger partial charge in [-0.05, 0) is 79.1 Å². The summed E-state index contributed by atoms with van der Waals surface area (Å²) in [6, 6.07) is 21.1. The first-order valence-electron chi connectivity index (χ1n) is 15.1. The zero-order valence-electron chi connectivity index (χ0n) is 25.1. The number of ether oxygens (including phenoxy) is 3. The first-order chi connectivity index (χ1) is 21.4. The summed E-state index contributed by atoms with van der Waals surface area (Å²) in [4.78, 5) is 19.0. The van der Waals surface area contributed by atoms with Gasteiger partial charge in [0.15, 0.2) is 0 Å². The minimum Gasteiger partial charge on any atom is -0.495 e. The summed E-state index contributed by atoms with van der Waals surface area (Å²) >= 11 is 6.05. The van der Waals surface area contributed by atoms with Crippen LogP contribution in [0.15, 0.2) is 95.3 Å². The maximum Gasteiger partial charge on any atom is 0.337 e. The molecule has 1 saturated heterocycles. The van der Waals surface area contributed by atoms with Crippen molar-refractivity contribution >= 4 is 23.5 Å². The highest BCUT2D eigenvalue weighted by molar-refractivity contribution is 6.30. The highest BCUT2D eigenvalue weighted by Crippen LogP contribution is 2.40. The van der Waals surface area contributed by atoms with Crippen LogP contribution >= 0.6 is 11.6 Å². The van der Waals surface area contributed by atoms with Gasteiger partial charge < -0.3 is 24.2 Å². The first-order valence-corrected chi connectivity index (χ1v) is 15.5. The minimum atomic E-state index is -0.810. The van der Waals surface area contributed by atoms with Crippen LogP contribution < -0.4 is 4.74 Å². The lowest BCUT2D eigenvalue weighted by molar-refractivity contribution is -0.0254. The number of piperidine rings is 1. The number of aliphatic imine (C=N–C) groups is 1. The first kappa shape index (κ1) is 30.1. The predicted octanol–water partition coefficient (Wildman–Crippen LogP) is 6.93. The molecule has 3 aliphatic rings. The molecule has 0 bridgehead atoms. The van der Waals surface area contributed by atoms with E-state index in [0.717, 1.165) is 78.2 Å². The Morgan fingerprint density at radius 1 is 1.09 bits per heavy atom. The quantitative estimate of drug-likeness (QED) is 0.291. The molecule has 0 aliphatic carbocycles. The van der Waals surface area contributed by atoms with Gasteiger partial charge in [-0.3, -0.25) is 0 Å². The van der Waals surface area contributed by atoms with Crippen LogP contribution in [0.4, 0.5) is 0 Å². The molecule has 7 nitrogen and oxygen atoms in total. The molecule has 0 radical (unpaired) electrons. The third-order valence-electron chi connectivity index (χ3n) is 9.01. The minimum absolute atomic E-state index is 0.0201. The van der Waals surface area contributed by atoms with Gasteiger partial charge in [0.05, 0.1) is 37.5 Å². The average Bonchev–Trinajstić information content (AvgIpc) is 3.25. The van der Waals surface area contributed by atoms with E-state index >= 15 is 0 Å². The van der Waals surface area contributed by atoms with Crippen molar-refractivity contribution in [3.8, 4) is 16.9 Å². The van der Waals surface area contributed by atoms with Gasteiger partial charge in [0, 0.05) is 35.8 Å². The molecule has 0 amide bonds. The van der Waals surface area contributed by atoms with E-state index in [1.807, 2.05) is 48.5 Å². The van der Waals surface area contributed by atoms with E-state index in [1.165, 1.54) is 7.11 Å². The number of fused-ring (bicyclic) bond motifs is 2. The molecule has 0 spiro atoms. The van der Waals surface area contributed by atoms with Crippen LogP contribution in [0, 0.1) is 5.92 Å². The lowest BCUT2D eigenvalue weighted by Gasteiger charge is -2.38. The maximum absolute atomic E-state index is 11.9. The van der Waals surface area contributed by atoms with Crippen molar-refractivity contribution in [3.05, 3.63) is 112 Å². The third kappa shape index (κ3) is 6.18. The van der Waals surface area contributed by atoms with Crippen molar-refractivity contribution in [1.29, 1.82) is 0 Å². The lowest BCUT2D eigenvalue weighted by atomic mass is 9.84. The average molecular weight is 613 g/mol. The summed E-state index contributed by atoms with van der Waals surface area (Å²) in [6.45, 7) is 2.55. The zero-order valence-corrected chi connectivity index (χ0v) is 25.8. The third-order valence-corrected chi connectivity index (χ3v) is 9.26. The molecule has 6 rings (SSSR count). The molecule has 3 aromatic rings. The molecule has 1 fully saturated rings. The number of esters is 1. The number of aliphatic hydroxyl groups is 1. The van der Waals surface area contributed by atoms with E-state index in [9.17, 15) is 9.90 Å². The number of allylic oxidation sites excluding steroid dienone is 1. The monoisotopic (exact) mass is 612 g/mol. The SMILES string of the molecule is COC(=O)c1ccc(-c2cccc3c2CCC2C(=CCCN4CCC(O)(c5ccc(Cl)cc5)CC4)C(OC)=CN=C2O3)cc1. The van der Waals surface area contributed by atoms with Gasteiger partial charge in [0.25, 0.3) is 0 Å². The number of hydrogen-bond donors (Lipinski definition) is 1. The predicted molar refractivity (Wildman–Crippen MR) is 172 cm³/mol. The molecular formula is C36H37ClN2O5. The van der Waals surface area contributed by atoms with Crippen LogP contribution in [0.25, 0.3) is 11.1 Å². The second kappa shape index (κ2) is 13.0. The van der Waals surface area contributed by atoms with Gasteiger partial charge in [-0.15, -0.1) is 0 Å². The summed E-state index contributed by atoms with van der Waals surface area (Å²) < 4.78 is 17.1. The number of carbonyl (C=O) groups excluding carboxylic acids is 1. The molecule has 1 unspecified atom stereocenters. The van der Waals surface area contributed by atoms with E-state index < -0.39 is 5.60 Å². The number of likely N-dealkylation sites (tertiary alicyclic amines) is 1. The number of carbonyl (C=O) groups is 1. The van der Waals surface area contributed by atoms with E-state index in [0.29, 0.717) is 29.3 Å². The number of hydrogen-bond acceptors (Lipinski definition) is 7. The van der Waals surface area contributed by atoms with Crippen LogP contribution in [0.3, 0.4) is 0 Å². The standard InChI is InChI=1S/C36H37ClN2O5/c1-42-33-23-38-34-31(29(33)6-4-20-39-21-18-36(41,19-22-39)26-12-14-27(37)15-13-26)17-16-30-28(5-3-7-32(30)44-34)24-8-10-25(11-9-24)35(40)43-2/h3,5-15,23,31,41H,4,16-22H2,1-2H3. The molecular weight excluding hydrogens is 576 g/mol. The summed E-state index contributed by atoms with van der Waals surface area (Å²) in [5, 5.41) is 11.9. The van der Waals surface area contributed by atoms with E-state index in [-0.39, 0.29) is 11.9 Å². The molecule has 228 valence electrons. The topological polar surface area (TPSA) is 80.6 Å². The normalized spacial score (nSPS) is 20.4. The Hall–Kier alpha value is -3.91. The molecule has 1 atom stereocenters. The van der Waals surface area contributed by atoms with Crippen LogP contribution in [0.5, 0.6) is 5.75 Å². The maximum atomic E-state index is 11.9. The summed E-state index contributed by atoms with van der Waals surface area (Å²) in [5.41, 5.74) is 4.95. The van der Waals surface area contributed by atoms with E-state index in [2.05, 4.69) is 22.0 Å². The summed E-state index contributed by atoms with van der Waals surface area (Å²) in [6.07, 6.45) is 7.88. The van der Waals surface area contributed by atoms with Crippen molar-refractivity contribution in [2.75, 3.05) is 33.9 Å². The van der Waals surface area contributed by atoms with Crippen molar-refractivity contribution in [2.45, 2.75) is 37.7 Å². The second-order valence-electron chi connectivity index (χ2n) is 11.5. The second-order valence-corrected chi connectivity index (χ2v) is 12.0. The fourth-order valence-corrected chi connectivity index (χ4v) is 6.60. The van der Waals surface area contributed by atoms with Crippen molar-refractivity contribution in [2.24, 2.45) is 10.9 Å². The highest BCUT2D eigenvalue weighted by Gasteiger charge is 2.35. The molecule has 0 aromatic heterocycles. The molecule has 44 heavy (non-hydrogen) atoms. The zero-order chi connectivity index (χ0) is 30.7. The summed E-state index contributed by atoms with van der Waals surface area (Å²) in [5.74, 6) is 1.88. The van der Waals surface area contributed by atoms with E-state index in [4.69, 9.17) is 25.8 Å². The largest absolute Gasteiger partial charge is 0.495 e. The Balaban J connectivity index is 1.15.